The number of fused-ring (bicyclic) bond motifs is 1. The van der Waals surface area contributed by atoms with Crippen molar-refractivity contribution in [2.45, 2.75) is 25.6 Å². The molecule has 0 aliphatic carbocycles. The molecule has 2 aromatic heterocycles. The highest BCUT2D eigenvalue weighted by atomic mass is 19.1. The molecule has 1 N–H and O–H groups in total. The molecule has 0 radical (unpaired) electrons. The zero-order chi connectivity index (χ0) is 17.2. The first-order valence-electron chi connectivity index (χ1n) is 8.13. The number of hydrogen-bond acceptors (Lipinski definition) is 6. The van der Waals surface area contributed by atoms with Crippen LogP contribution in [0.4, 0.5) is 10.2 Å². The molecule has 0 amide bonds. The van der Waals surface area contributed by atoms with Gasteiger partial charge >= 0.3 is 6.08 Å². The maximum absolute atomic E-state index is 13.9. The third kappa shape index (κ3) is 3.12. The molecule has 1 aromatic carbocycles. The molecule has 0 saturated carbocycles. The summed E-state index contributed by atoms with van der Waals surface area (Å²) in [5.41, 5.74) is 1.96. The lowest BCUT2D eigenvalue weighted by molar-refractivity contribution is 0.0592. The van der Waals surface area contributed by atoms with E-state index >= 15 is 0 Å². The molecule has 7 nitrogen and oxygen atoms in total. The first kappa shape index (κ1) is 15.8. The van der Waals surface area contributed by atoms with Gasteiger partial charge in [0.25, 0.3) is 0 Å². The molecule has 1 atom stereocenters. The van der Waals surface area contributed by atoms with Gasteiger partial charge in [-0.1, -0.05) is 12.1 Å². The third-order valence-corrected chi connectivity index (χ3v) is 4.20. The number of nitrogens with one attached hydrogen (secondary N) is 1. The van der Waals surface area contributed by atoms with Crippen LogP contribution in [0.5, 0.6) is 5.75 Å². The number of ether oxygens (including phenoxy) is 2. The van der Waals surface area contributed by atoms with Gasteiger partial charge in [0.1, 0.15) is 12.0 Å². The fraction of sp³-hybridized carbons (Fsp3) is 0.353. The summed E-state index contributed by atoms with van der Waals surface area (Å²) in [5, 5.41) is 3.14. The van der Waals surface area contributed by atoms with Crippen LogP contribution in [0.25, 0.3) is 11.2 Å². The monoisotopic (exact) mass is 343 g/mol. The van der Waals surface area contributed by atoms with Crippen molar-refractivity contribution in [1.82, 2.24) is 19.5 Å². The quantitative estimate of drug-likeness (QED) is 0.718. The Kier molecular flexibility index (Phi) is 4.19. The van der Waals surface area contributed by atoms with Crippen LogP contribution < -0.4 is 10.1 Å². The number of halogens is 1. The predicted octanol–water partition coefficient (Wildman–Crippen LogP) is 2.90. The zero-order valence-corrected chi connectivity index (χ0v) is 13.8. The van der Waals surface area contributed by atoms with Gasteiger partial charge in [0, 0.05) is 13.2 Å². The highest BCUT2D eigenvalue weighted by Gasteiger charge is 2.22. The number of benzene rings is 1. The average molecular weight is 343 g/mol. The van der Waals surface area contributed by atoms with Crippen LogP contribution in [0.1, 0.15) is 24.6 Å². The maximum atomic E-state index is 13.9. The van der Waals surface area contributed by atoms with E-state index in [1.807, 2.05) is 24.3 Å². The number of anilines is 1. The van der Waals surface area contributed by atoms with Crippen molar-refractivity contribution in [1.29, 1.82) is 0 Å². The predicted molar refractivity (Wildman–Crippen MR) is 89.8 cm³/mol. The summed E-state index contributed by atoms with van der Waals surface area (Å²) < 4.78 is 26.5. The average Bonchev–Trinajstić information content (AvgIpc) is 3.29. The molecule has 25 heavy (non-hydrogen) atoms. The summed E-state index contributed by atoms with van der Waals surface area (Å²) in [4.78, 5) is 12.1. The van der Waals surface area contributed by atoms with Crippen LogP contribution in [0.3, 0.4) is 0 Å². The van der Waals surface area contributed by atoms with Crippen molar-refractivity contribution < 1.29 is 13.9 Å². The first-order chi connectivity index (χ1) is 12.2. The van der Waals surface area contributed by atoms with E-state index in [-0.39, 0.29) is 6.23 Å². The molecule has 3 aromatic rings. The Balaban J connectivity index is 1.62. The topological polar surface area (TPSA) is 74.1 Å². The molecule has 8 heteroatoms. The summed E-state index contributed by atoms with van der Waals surface area (Å²) in [5.74, 6) is 1.13. The number of rotatable bonds is 5. The van der Waals surface area contributed by atoms with Gasteiger partial charge < -0.3 is 14.8 Å². The normalized spacial score (nSPS) is 17.1. The lowest BCUT2D eigenvalue weighted by Crippen LogP contribution is -2.09. The van der Waals surface area contributed by atoms with Crippen molar-refractivity contribution in [3.63, 3.8) is 0 Å². The second-order valence-electron chi connectivity index (χ2n) is 5.84. The molecule has 1 fully saturated rings. The van der Waals surface area contributed by atoms with Crippen LogP contribution in [-0.4, -0.2) is 33.2 Å². The van der Waals surface area contributed by atoms with Crippen molar-refractivity contribution >= 4 is 17.0 Å². The fourth-order valence-electron chi connectivity index (χ4n) is 2.97. The molecule has 1 aliphatic heterocycles. The van der Waals surface area contributed by atoms with Crippen molar-refractivity contribution in [3.05, 3.63) is 42.2 Å². The standard InChI is InChI=1S/C17H18FN5O2/c1-24-12-5-2-4-11(8-12)9-19-15-14-16(22-17(18)21-15)23(10-20-14)13-6-3-7-25-13/h2,4-5,8,10,13H,3,6-7,9H2,1H3,(H,19,21,22). The molecule has 1 unspecified atom stereocenters. The SMILES string of the molecule is COc1cccc(CNc2nc(F)nc3c2ncn3C2CCCO2)c1. The van der Waals surface area contributed by atoms with Crippen LogP contribution in [0, 0.1) is 6.08 Å². The van der Waals surface area contributed by atoms with Crippen LogP contribution in [0.15, 0.2) is 30.6 Å². The van der Waals surface area contributed by atoms with Gasteiger partial charge in [-0.15, -0.1) is 0 Å². The minimum absolute atomic E-state index is 0.148. The minimum Gasteiger partial charge on any atom is -0.497 e. The van der Waals surface area contributed by atoms with E-state index < -0.39 is 6.08 Å². The van der Waals surface area contributed by atoms with E-state index in [0.717, 1.165) is 24.2 Å². The van der Waals surface area contributed by atoms with Crippen molar-refractivity contribution in [3.8, 4) is 5.75 Å². The van der Waals surface area contributed by atoms with E-state index in [0.29, 0.717) is 30.1 Å². The lowest BCUT2D eigenvalue weighted by Gasteiger charge is -2.12. The Morgan fingerprint density at radius 3 is 3.12 bits per heavy atom. The van der Waals surface area contributed by atoms with Crippen molar-refractivity contribution in [2.24, 2.45) is 0 Å². The fourth-order valence-corrected chi connectivity index (χ4v) is 2.97. The highest BCUT2D eigenvalue weighted by Crippen LogP contribution is 2.28. The summed E-state index contributed by atoms with van der Waals surface area (Å²) in [6.45, 7) is 1.16. The Hall–Kier alpha value is -2.74. The van der Waals surface area contributed by atoms with Gasteiger partial charge in [-0.25, -0.2) is 4.98 Å². The van der Waals surface area contributed by atoms with Crippen LogP contribution >= 0.6 is 0 Å². The number of methoxy groups -OCH3 is 1. The Labute approximate surface area is 143 Å². The zero-order valence-electron chi connectivity index (χ0n) is 13.8. The molecular weight excluding hydrogens is 325 g/mol. The Morgan fingerprint density at radius 2 is 2.32 bits per heavy atom. The van der Waals surface area contributed by atoms with E-state index in [1.165, 1.54) is 0 Å². The molecule has 4 rings (SSSR count). The second-order valence-corrected chi connectivity index (χ2v) is 5.84. The minimum atomic E-state index is -0.791. The number of aromatic nitrogens is 4. The van der Waals surface area contributed by atoms with Gasteiger partial charge in [0.2, 0.25) is 0 Å². The van der Waals surface area contributed by atoms with Gasteiger partial charge in [-0.2, -0.15) is 14.4 Å². The number of imidazole rings is 1. The number of hydrogen-bond donors (Lipinski definition) is 1. The van der Waals surface area contributed by atoms with Gasteiger partial charge in [-0.3, -0.25) is 4.57 Å². The van der Waals surface area contributed by atoms with Crippen LogP contribution in [0.2, 0.25) is 0 Å². The van der Waals surface area contributed by atoms with E-state index in [1.54, 1.807) is 18.0 Å². The van der Waals surface area contributed by atoms with Gasteiger partial charge in [0.15, 0.2) is 17.0 Å². The highest BCUT2D eigenvalue weighted by molar-refractivity contribution is 5.82. The van der Waals surface area contributed by atoms with Gasteiger partial charge in [-0.05, 0) is 30.5 Å². The summed E-state index contributed by atoms with van der Waals surface area (Å²) in [6.07, 6.45) is 2.53. The molecule has 130 valence electrons. The summed E-state index contributed by atoms with van der Waals surface area (Å²) in [6, 6.07) is 7.63. The van der Waals surface area contributed by atoms with Gasteiger partial charge in [0.05, 0.1) is 13.4 Å². The third-order valence-electron chi connectivity index (χ3n) is 4.20. The molecule has 1 aliphatic rings. The molecular formula is C17H18FN5O2. The Bertz CT molecular complexity index is 892. The summed E-state index contributed by atoms with van der Waals surface area (Å²) >= 11 is 0. The molecule has 0 spiro atoms. The maximum Gasteiger partial charge on any atom is 0.312 e. The van der Waals surface area contributed by atoms with E-state index in [4.69, 9.17) is 9.47 Å². The lowest BCUT2D eigenvalue weighted by atomic mass is 10.2. The number of nitrogens with zero attached hydrogens (tertiary/aromatic N) is 4. The largest absolute Gasteiger partial charge is 0.497 e. The molecule has 0 bridgehead atoms. The Morgan fingerprint density at radius 1 is 1.40 bits per heavy atom. The molecule has 1 saturated heterocycles. The summed E-state index contributed by atoms with van der Waals surface area (Å²) in [7, 11) is 1.62. The van der Waals surface area contributed by atoms with E-state index in [2.05, 4.69) is 20.3 Å². The smallest absolute Gasteiger partial charge is 0.312 e. The molecule has 3 heterocycles. The van der Waals surface area contributed by atoms with Crippen LogP contribution in [-0.2, 0) is 11.3 Å². The first-order valence-corrected chi connectivity index (χ1v) is 8.13. The second kappa shape index (κ2) is 6.64. The van der Waals surface area contributed by atoms with Crippen molar-refractivity contribution in [2.75, 3.05) is 19.0 Å². The van der Waals surface area contributed by atoms with E-state index in [9.17, 15) is 4.39 Å².